The normalized spacial score (nSPS) is 16.4. The molecule has 0 bridgehead atoms. The predicted molar refractivity (Wildman–Crippen MR) is 130 cm³/mol. The highest BCUT2D eigenvalue weighted by Gasteiger charge is 2.38. The summed E-state index contributed by atoms with van der Waals surface area (Å²) in [6.45, 7) is 3.38. The Morgan fingerprint density at radius 1 is 1.00 bits per heavy atom. The van der Waals surface area contributed by atoms with Gasteiger partial charge in [-0.2, -0.15) is 17.9 Å². The van der Waals surface area contributed by atoms with Gasteiger partial charge in [-0.1, -0.05) is 48.0 Å². The van der Waals surface area contributed by atoms with Crippen molar-refractivity contribution in [2.24, 2.45) is 5.10 Å². The molecule has 1 N–H and O–H groups in total. The molecular formula is C24H24FN3O4S2. The van der Waals surface area contributed by atoms with E-state index in [-0.39, 0.29) is 22.6 Å². The fraction of sp³-hybridized carbons (Fsp3) is 0.208. The second-order valence-electron chi connectivity index (χ2n) is 7.97. The minimum Gasteiger partial charge on any atom is -0.284 e. The molecule has 0 spiro atoms. The molecule has 1 unspecified atom stereocenters. The average molecular weight is 502 g/mol. The van der Waals surface area contributed by atoms with Gasteiger partial charge in [0.15, 0.2) is 0 Å². The average Bonchev–Trinajstić information content (AvgIpc) is 3.26. The highest BCUT2D eigenvalue weighted by atomic mass is 32.2. The van der Waals surface area contributed by atoms with Crippen LogP contribution in [0.25, 0.3) is 0 Å². The van der Waals surface area contributed by atoms with Crippen LogP contribution >= 0.6 is 0 Å². The Kier molecular flexibility index (Phi) is 6.46. The topological polar surface area (TPSA) is 95.9 Å². The number of benzene rings is 3. The zero-order valence-electron chi connectivity index (χ0n) is 18.6. The molecule has 0 fully saturated rings. The quantitative estimate of drug-likeness (QED) is 0.518. The highest BCUT2D eigenvalue weighted by molar-refractivity contribution is 7.92. The molecule has 0 saturated carbocycles. The molecule has 0 radical (unpaired) electrons. The Balaban J connectivity index is 1.78. The van der Waals surface area contributed by atoms with Crippen LogP contribution in [0, 0.1) is 12.7 Å². The van der Waals surface area contributed by atoms with Crippen molar-refractivity contribution < 1.29 is 21.2 Å². The van der Waals surface area contributed by atoms with Crippen molar-refractivity contribution in [1.82, 2.24) is 4.41 Å². The molecule has 10 heteroatoms. The standard InChI is InChI=1S/C24H24FN3O4S2/c1-3-33(29,30)27-19-8-6-7-18(15-19)23-16-24(21-9-4-5-10-22(21)25)28(26-23)34(31,32)20-13-11-17(2)12-14-20/h4-15,24,27H,3,16H2,1-2H3. The molecule has 1 atom stereocenters. The summed E-state index contributed by atoms with van der Waals surface area (Å²) in [5, 5.41) is 4.40. The van der Waals surface area contributed by atoms with Gasteiger partial charge in [0.25, 0.3) is 10.0 Å². The van der Waals surface area contributed by atoms with Gasteiger partial charge in [-0.15, -0.1) is 0 Å². The molecule has 0 amide bonds. The molecule has 1 aliphatic rings. The van der Waals surface area contributed by atoms with E-state index in [0.717, 1.165) is 9.98 Å². The van der Waals surface area contributed by atoms with E-state index in [0.29, 0.717) is 17.0 Å². The number of rotatable bonds is 7. The first-order chi connectivity index (χ1) is 16.1. The third-order valence-electron chi connectivity index (χ3n) is 5.55. The van der Waals surface area contributed by atoms with Gasteiger partial charge in [0.05, 0.1) is 22.4 Å². The van der Waals surface area contributed by atoms with Gasteiger partial charge in [-0.05, 0) is 49.7 Å². The summed E-state index contributed by atoms with van der Waals surface area (Å²) < 4.78 is 69.1. The van der Waals surface area contributed by atoms with E-state index in [1.54, 1.807) is 48.5 Å². The third kappa shape index (κ3) is 4.83. The molecule has 34 heavy (non-hydrogen) atoms. The summed E-state index contributed by atoms with van der Waals surface area (Å²) in [5.74, 6) is -0.617. The third-order valence-corrected chi connectivity index (χ3v) is 8.55. The number of aryl methyl sites for hydroxylation is 1. The summed E-state index contributed by atoms with van der Waals surface area (Å²) in [6.07, 6.45) is 0.121. The number of anilines is 1. The first-order valence-corrected chi connectivity index (χ1v) is 13.7. The Bertz CT molecular complexity index is 1450. The summed E-state index contributed by atoms with van der Waals surface area (Å²) >= 11 is 0. The minimum atomic E-state index is -4.09. The van der Waals surface area contributed by atoms with E-state index in [4.69, 9.17) is 0 Å². The number of sulfonamides is 2. The molecule has 1 aliphatic heterocycles. The lowest BCUT2D eigenvalue weighted by atomic mass is 9.98. The molecule has 0 aromatic heterocycles. The Morgan fingerprint density at radius 2 is 1.71 bits per heavy atom. The molecular weight excluding hydrogens is 477 g/mol. The largest absolute Gasteiger partial charge is 0.284 e. The van der Waals surface area contributed by atoms with E-state index in [1.807, 2.05) is 6.92 Å². The molecule has 0 aliphatic carbocycles. The maximum absolute atomic E-state index is 14.7. The summed E-state index contributed by atoms with van der Waals surface area (Å²) in [4.78, 5) is 0.0499. The van der Waals surface area contributed by atoms with Crippen molar-refractivity contribution in [1.29, 1.82) is 0 Å². The smallest absolute Gasteiger partial charge is 0.279 e. The zero-order chi connectivity index (χ0) is 24.5. The summed E-state index contributed by atoms with van der Waals surface area (Å²) in [7, 11) is -7.58. The lowest BCUT2D eigenvalue weighted by molar-refractivity contribution is 0.362. The molecule has 1 heterocycles. The summed E-state index contributed by atoms with van der Waals surface area (Å²) in [6, 6.07) is 18.0. The van der Waals surface area contributed by atoms with Gasteiger partial charge >= 0.3 is 0 Å². The number of nitrogens with one attached hydrogen (secondary N) is 1. The van der Waals surface area contributed by atoms with Crippen molar-refractivity contribution in [3.05, 3.63) is 95.3 Å². The predicted octanol–water partition coefficient (Wildman–Crippen LogP) is 4.44. The van der Waals surface area contributed by atoms with Crippen LogP contribution < -0.4 is 4.72 Å². The van der Waals surface area contributed by atoms with Gasteiger partial charge in [0.2, 0.25) is 10.0 Å². The number of halogens is 1. The number of hydrogen-bond acceptors (Lipinski definition) is 5. The van der Waals surface area contributed by atoms with Crippen LogP contribution in [0.15, 0.2) is 82.8 Å². The van der Waals surface area contributed by atoms with Crippen LogP contribution in [0.5, 0.6) is 0 Å². The molecule has 3 aromatic carbocycles. The fourth-order valence-electron chi connectivity index (χ4n) is 3.69. The molecule has 178 valence electrons. The lowest BCUT2D eigenvalue weighted by Gasteiger charge is -2.23. The van der Waals surface area contributed by atoms with E-state index in [2.05, 4.69) is 9.82 Å². The van der Waals surface area contributed by atoms with Crippen LogP contribution in [0.2, 0.25) is 0 Å². The monoisotopic (exact) mass is 501 g/mol. The Hall–Kier alpha value is -3.24. The zero-order valence-corrected chi connectivity index (χ0v) is 20.3. The van der Waals surface area contributed by atoms with Gasteiger partial charge in [-0.25, -0.2) is 12.8 Å². The maximum Gasteiger partial charge on any atom is 0.279 e. The van der Waals surface area contributed by atoms with Crippen LogP contribution in [0.3, 0.4) is 0 Å². The molecule has 4 rings (SSSR count). The molecule has 0 saturated heterocycles. The SMILES string of the molecule is CCS(=O)(=O)Nc1cccc(C2=NN(S(=O)(=O)c3ccc(C)cc3)C(c3ccccc3F)C2)c1. The van der Waals surface area contributed by atoms with Crippen molar-refractivity contribution >= 4 is 31.4 Å². The second kappa shape index (κ2) is 9.19. The maximum atomic E-state index is 14.7. The highest BCUT2D eigenvalue weighted by Crippen LogP contribution is 2.38. The van der Waals surface area contributed by atoms with Crippen LogP contribution in [-0.4, -0.2) is 32.7 Å². The van der Waals surface area contributed by atoms with Crippen molar-refractivity contribution in [3.8, 4) is 0 Å². The first-order valence-electron chi connectivity index (χ1n) is 10.6. The van der Waals surface area contributed by atoms with Crippen LogP contribution in [0.1, 0.15) is 36.1 Å². The van der Waals surface area contributed by atoms with E-state index in [1.165, 1.54) is 31.2 Å². The molecule has 7 nitrogen and oxygen atoms in total. The van der Waals surface area contributed by atoms with Crippen molar-refractivity contribution in [2.75, 3.05) is 10.5 Å². The number of hydrazone groups is 1. The van der Waals surface area contributed by atoms with Crippen LogP contribution in [-0.2, 0) is 20.0 Å². The van der Waals surface area contributed by atoms with Crippen molar-refractivity contribution in [2.45, 2.75) is 31.2 Å². The number of hydrogen-bond donors (Lipinski definition) is 1. The van der Waals surface area contributed by atoms with Gasteiger partial charge < -0.3 is 0 Å². The molecule has 3 aromatic rings. The Morgan fingerprint density at radius 3 is 2.38 bits per heavy atom. The second-order valence-corrected chi connectivity index (χ2v) is 11.8. The van der Waals surface area contributed by atoms with E-state index < -0.39 is 31.9 Å². The minimum absolute atomic E-state index is 0.0499. The van der Waals surface area contributed by atoms with Gasteiger partial charge in [0.1, 0.15) is 5.82 Å². The van der Waals surface area contributed by atoms with Gasteiger partial charge in [-0.3, -0.25) is 4.72 Å². The lowest BCUT2D eigenvalue weighted by Crippen LogP contribution is -2.28. The van der Waals surface area contributed by atoms with Gasteiger partial charge in [0, 0.05) is 17.7 Å². The first kappa shape index (κ1) is 23.9. The summed E-state index contributed by atoms with van der Waals surface area (Å²) in [5.41, 5.74) is 2.39. The Labute approximate surface area is 199 Å². The van der Waals surface area contributed by atoms with Crippen molar-refractivity contribution in [3.63, 3.8) is 0 Å². The fourth-order valence-corrected chi connectivity index (χ4v) is 5.75. The van der Waals surface area contributed by atoms with E-state index in [9.17, 15) is 21.2 Å². The number of nitrogens with zero attached hydrogens (tertiary/aromatic N) is 2. The van der Waals surface area contributed by atoms with Crippen LogP contribution in [0.4, 0.5) is 10.1 Å². The van der Waals surface area contributed by atoms with E-state index >= 15 is 0 Å².